The van der Waals surface area contributed by atoms with E-state index in [1.54, 1.807) is 0 Å². The minimum Gasteiger partial charge on any atom is -0.341 e. The van der Waals surface area contributed by atoms with Crippen LogP contribution < -0.4 is 5.32 Å². The van der Waals surface area contributed by atoms with Gasteiger partial charge in [-0.1, -0.05) is 62.4 Å². The first kappa shape index (κ1) is 23.5. The Labute approximate surface area is 188 Å². The standard InChI is InChI=1S/C27H39N3O/c1-20(2)10-15-27(31)29(5)19-25-8-6-7-9-26(25)24-13-11-23(12-14-24)18-30-16-21(3)28-22(4)17-30/h6-9,11-14,20-22,28H,10,15-19H2,1-5H3/t21-,22+. The molecule has 1 amide bonds. The lowest BCUT2D eigenvalue weighted by molar-refractivity contribution is -0.130. The summed E-state index contributed by atoms with van der Waals surface area (Å²) in [5, 5.41) is 3.60. The van der Waals surface area contributed by atoms with Crippen LogP contribution in [0.4, 0.5) is 0 Å². The quantitative estimate of drug-likeness (QED) is 0.656. The van der Waals surface area contributed by atoms with Crippen molar-refractivity contribution in [1.29, 1.82) is 0 Å². The van der Waals surface area contributed by atoms with Crippen LogP contribution >= 0.6 is 0 Å². The molecule has 3 rings (SSSR count). The molecule has 1 fully saturated rings. The van der Waals surface area contributed by atoms with Gasteiger partial charge in [0.25, 0.3) is 0 Å². The van der Waals surface area contributed by atoms with Gasteiger partial charge in [0.15, 0.2) is 0 Å². The van der Waals surface area contributed by atoms with Gasteiger partial charge >= 0.3 is 0 Å². The summed E-state index contributed by atoms with van der Waals surface area (Å²) < 4.78 is 0. The molecule has 31 heavy (non-hydrogen) atoms. The molecule has 0 aromatic heterocycles. The zero-order valence-electron chi connectivity index (χ0n) is 19.9. The van der Waals surface area contributed by atoms with Crippen molar-refractivity contribution in [2.24, 2.45) is 5.92 Å². The van der Waals surface area contributed by atoms with Crippen molar-refractivity contribution >= 4 is 5.91 Å². The van der Waals surface area contributed by atoms with Crippen molar-refractivity contribution in [2.45, 2.75) is 65.7 Å². The molecule has 4 heteroatoms. The second kappa shape index (κ2) is 10.9. The van der Waals surface area contributed by atoms with Crippen LogP contribution in [0.15, 0.2) is 48.5 Å². The maximum atomic E-state index is 12.5. The second-order valence-corrected chi connectivity index (χ2v) is 9.70. The molecule has 0 radical (unpaired) electrons. The average Bonchev–Trinajstić information content (AvgIpc) is 2.72. The van der Waals surface area contributed by atoms with Gasteiger partial charge in [-0.15, -0.1) is 0 Å². The van der Waals surface area contributed by atoms with E-state index in [2.05, 4.69) is 86.4 Å². The number of nitrogens with zero attached hydrogens (tertiary/aromatic N) is 2. The van der Waals surface area contributed by atoms with E-state index < -0.39 is 0 Å². The summed E-state index contributed by atoms with van der Waals surface area (Å²) in [6, 6.07) is 18.5. The number of carbonyl (C=O) groups is 1. The maximum absolute atomic E-state index is 12.5. The molecule has 1 N–H and O–H groups in total. The summed E-state index contributed by atoms with van der Waals surface area (Å²) in [7, 11) is 1.91. The minimum atomic E-state index is 0.221. The van der Waals surface area contributed by atoms with E-state index in [4.69, 9.17) is 0 Å². The van der Waals surface area contributed by atoms with Crippen LogP contribution in [0, 0.1) is 5.92 Å². The topological polar surface area (TPSA) is 35.6 Å². The number of rotatable bonds is 8. The van der Waals surface area contributed by atoms with E-state index in [1.165, 1.54) is 22.3 Å². The third-order valence-electron chi connectivity index (χ3n) is 6.09. The molecule has 168 valence electrons. The first-order valence-electron chi connectivity index (χ1n) is 11.7. The van der Waals surface area contributed by atoms with Crippen molar-refractivity contribution < 1.29 is 4.79 Å². The highest BCUT2D eigenvalue weighted by atomic mass is 16.2. The normalized spacial score (nSPS) is 19.5. The maximum Gasteiger partial charge on any atom is 0.222 e. The van der Waals surface area contributed by atoms with Gasteiger partial charge in [-0.3, -0.25) is 9.69 Å². The SMILES string of the molecule is CC(C)CCC(=O)N(C)Cc1ccccc1-c1ccc(CN2C[C@@H](C)N[C@@H](C)C2)cc1. The van der Waals surface area contributed by atoms with E-state index in [0.717, 1.165) is 26.1 Å². The molecule has 0 spiro atoms. The monoisotopic (exact) mass is 421 g/mol. The van der Waals surface area contributed by atoms with Crippen molar-refractivity contribution in [3.63, 3.8) is 0 Å². The molecule has 2 aromatic carbocycles. The van der Waals surface area contributed by atoms with E-state index in [0.29, 0.717) is 31.0 Å². The number of carbonyl (C=O) groups excluding carboxylic acids is 1. The summed E-state index contributed by atoms with van der Waals surface area (Å²) in [5.74, 6) is 0.772. The molecule has 0 saturated carbocycles. The molecule has 1 aliphatic rings. The number of amides is 1. The van der Waals surface area contributed by atoms with E-state index in [9.17, 15) is 4.79 Å². The third kappa shape index (κ3) is 6.91. The molecule has 0 bridgehead atoms. The Morgan fingerprint density at radius 2 is 1.71 bits per heavy atom. The summed E-state index contributed by atoms with van der Waals surface area (Å²) in [4.78, 5) is 16.9. The Hall–Kier alpha value is -2.17. The van der Waals surface area contributed by atoms with Crippen LogP contribution in [-0.4, -0.2) is 47.9 Å². The van der Waals surface area contributed by atoms with Gasteiger partial charge in [-0.05, 0) is 48.4 Å². The van der Waals surface area contributed by atoms with Crippen LogP contribution in [0.2, 0.25) is 0 Å². The zero-order valence-corrected chi connectivity index (χ0v) is 19.9. The summed E-state index contributed by atoms with van der Waals surface area (Å²) in [6.45, 7) is 12.7. The highest BCUT2D eigenvalue weighted by Gasteiger charge is 2.20. The van der Waals surface area contributed by atoms with Crippen LogP contribution in [0.5, 0.6) is 0 Å². The predicted octanol–water partition coefficient (Wildman–Crippen LogP) is 4.93. The predicted molar refractivity (Wildman–Crippen MR) is 130 cm³/mol. The second-order valence-electron chi connectivity index (χ2n) is 9.70. The number of piperazine rings is 1. The van der Waals surface area contributed by atoms with Gasteiger partial charge in [-0.25, -0.2) is 0 Å². The zero-order chi connectivity index (χ0) is 22.4. The highest BCUT2D eigenvalue weighted by molar-refractivity contribution is 5.76. The van der Waals surface area contributed by atoms with Gasteiger partial charge in [0.2, 0.25) is 5.91 Å². The molecule has 2 atom stereocenters. The van der Waals surface area contributed by atoms with Gasteiger partial charge in [0.1, 0.15) is 0 Å². The molecular formula is C27H39N3O. The summed E-state index contributed by atoms with van der Waals surface area (Å²) >= 11 is 0. The first-order chi connectivity index (χ1) is 14.8. The minimum absolute atomic E-state index is 0.221. The number of hydrogen-bond donors (Lipinski definition) is 1. The third-order valence-corrected chi connectivity index (χ3v) is 6.09. The number of hydrogen-bond acceptors (Lipinski definition) is 3. The van der Waals surface area contributed by atoms with Crippen LogP contribution in [0.3, 0.4) is 0 Å². The van der Waals surface area contributed by atoms with Crippen LogP contribution in [0.1, 0.15) is 51.7 Å². The average molecular weight is 422 g/mol. The van der Waals surface area contributed by atoms with Gasteiger partial charge in [-0.2, -0.15) is 0 Å². The lowest BCUT2D eigenvalue weighted by Gasteiger charge is -2.36. The van der Waals surface area contributed by atoms with Crippen molar-refractivity contribution in [3.05, 3.63) is 59.7 Å². The van der Waals surface area contributed by atoms with E-state index >= 15 is 0 Å². The van der Waals surface area contributed by atoms with E-state index in [-0.39, 0.29) is 5.91 Å². The van der Waals surface area contributed by atoms with Crippen molar-refractivity contribution in [2.75, 3.05) is 20.1 Å². The highest BCUT2D eigenvalue weighted by Crippen LogP contribution is 2.26. The smallest absolute Gasteiger partial charge is 0.222 e. The summed E-state index contributed by atoms with van der Waals surface area (Å²) in [6.07, 6.45) is 1.56. The molecular weight excluding hydrogens is 382 g/mol. The van der Waals surface area contributed by atoms with Crippen LogP contribution in [0.25, 0.3) is 11.1 Å². The molecule has 4 nitrogen and oxygen atoms in total. The van der Waals surface area contributed by atoms with Crippen molar-refractivity contribution in [1.82, 2.24) is 15.1 Å². The molecule has 1 heterocycles. The molecule has 1 aliphatic heterocycles. The summed E-state index contributed by atoms with van der Waals surface area (Å²) in [5.41, 5.74) is 4.97. The number of nitrogens with one attached hydrogen (secondary N) is 1. The Kier molecular flexibility index (Phi) is 8.28. The fourth-order valence-electron chi connectivity index (χ4n) is 4.50. The molecule has 2 aromatic rings. The van der Waals surface area contributed by atoms with Crippen LogP contribution in [-0.2, 0) is 17.9 Å². The lowest BCUT2D eigenvalue weighted by Crippen LogP contribution is -2.53. The number of benzene rings is 2. The van der Waals surface area contributed by atoms with Gasteiger partial charge < -0.3 is 10.2 Å². The molecule has 0 aliphatic carbocycles. The largest absolute Gasteiger partial charge is 0.341 e. The molecule has 0 unspecified atom stereocenters. The first-order valence-corrected chi connectivity index (χ1v) is 11.7. The Morgan fingerprint density at radius 1 is 1.06 bits per heavy atom. The van der Waals surface area contributed by atoms with Gasteiger partial charge in [0.05, 0.1) is 0 Å². The fourth-order valence-corrected chi connectivity index (χ4v) is 4.50. The lowest BCUT2D eigenvalue weighted by atomic mass is 9.98. The fraction of sp³-hybridized carbons (Fsp3) is 0.519. The van der Waals surface area contributed by atoms with Crippen molar-refractivity contribution in [3.8, 4) is 11.1 Å². The molecule has 1 saturated heterocycles. The van der Waals surface area contributed by atoms with Gasteiger partial charge in [0, 0.05) is 51.7 Å². The Morgan fingerprint density at radius 3 is 2.35 bits per heavy atom. The Bertz CT molecular complexity index is 836. The van der Waals surface area contributed by atoms with E-state index in [1.807, 2.05) is 11.9 Å². The Balaban J connectivity index is 1.67.